The minimum Gasteiger partial charge on any atom is -0.329 e. The Morgan fingerprint density at radius 1 is 1.42 bits per heavy atom. The van der Waals surface area contributed by atoms with Crippen molar-refractivity contribution in [1.82, 2.24) is 15.3 Å². The van der Waals surface area contributed by atoms with Gasteiger partial charge in [0.05, 0.1) is 18.1 Å². The predicted octanol–water partition coefficient (Wildman–Crippen LogP) is 0.178. The Balaban J connectivity index is 2.37. The van der Waals surface area contributed by atoms with Crippen LogP contribution in [0.2, 0.25) is 5.15 Å². The standard InChI is InChI=1S/C7H11ClN4/c8-7-5-11-6(4-12-7)3-10-2-1-9/h4-5,10H,1-3,9H2. The summed E-state index contributed by atoms with van der Waals surface area (Å²) in [4.78, 5) is 7.94. The fourth-order valence-electron chi connectivity index (χ4n) is 0.749. The van der Waals surface area contributed by atoms with Gasteiger partial charge in [-0.2, -0.15) is 0 Å². The van der Waals surface area contributed by atoms with E-state index in [4.69, 9.17) is 17.3 Å². The molecule has 1 aromatic rings. The van der Waals surface area contributed by atoms with Crippen molar-refractivity contribution in [2.75, 3.05) is 13.1 Å². The molecule has 0 aromatic carbocycles. The minimum absolute atomic E-state index is 0.414. The van der Waals surface area contributed by atoms with Crippen LogP contribution < -0.4 is 11.1 Å². The summed E-state index contributed by atoms with van der Waals surface area (Å²) in [6, 6.07) is 0. The molecule has 66 valence electrons. The van der Waals surface area contributed by atoms with E-state index in [1.165, 1.54) is 6.20 Å². The Morgan fingerprint density at radius 2 is 2.25 bits per heavy atom. The first-order valence-corrected chi connectivity index (χ1v) is 4.08. The largest absolute Gasteiger partial charge is 0.329 e. The maximum absolute atomic E-state index is 5.56. The lowest BCUT2D eigenvalue weighted by Gasteiger charge is -2.00. The van der Waals surface area contributed by atoms with Crippen molar-refractivity contribution in [3.63, 3.8) is 0 Å². The van der Waals surface area contributed by atoms with Gasteiger partial charge in [-0.15, -0.1) is 0 Å². The number of hydrogen-bond donors (Lipinski definition) is 2. The number of rotatable bonds is 4. The first kappa shape index (κ1) is 9.38. The predicted molar refractivity (Wildman–Crippen MR) is 47.8 cm³/mol. The summed E-state index contributed by atoms with van der Waals surface area (Å²) in [5.74, 6) is 0. The number of nitrogens with two attached hydrogens (primary N) is 1. The van der Waals surface area contributed by atoms with Crippen LogP contribution >= 0.6 is 11.6 Å². The first-order chi connectivity index (χ1) is 5.83. The molecule has 0 unspecified atom stereocenters. The van der Waals surface area contributed by atoms with Crippen LogP contribution in [0.4, 0.5) is 0 Å². The van der Waals surface area contributed by atoms with Crippen LogP contribution in [0.25, 0.3) is 0 Å². The van der Waals surface area contributed by atoms with Gasteiger partial charge in [0.2, 0.25) is 0 Å². The van der Waals surface area contributed by atoms with Crippen molar-refractivity contribution in [2.45, 2.75) is 6.54 Å². The molecule has 0 spiro atoms. The van der Waals surface area contributed by atoms with Gasteiger partial charge >= 0.3 is 0 Å². The van der Waals surface area contributed by atoms with Crippen LogP contribution in [0.5, 0.6) is 0 Å². The van der Waals surface area contributed by atoms with Gasteiger partial charge in [-0.25, -0.2) is 4.98 Å². The summed E-state index contributed by atoms with van der Waals surface area (Å²) in [7, 11) is 0. The summed E-state index contributed by atoms with van der Waals surface area (Å²) in [6.45, 7) is 2.09. The Labute approximate surface area is 76.2 Å². The van der Waals surface area contributed by atoms with Crippen molar-refractivity contribution in [2.24, 2.45) is 5.73 Å². The Bertz CT molecular complexity index is 223. The molecule has 4 nitrogen and oxygen atoms in total. The second-order valence-electron chi connectivity index (χ2n) is 2.30. The molecule has 0 atom stereocenters. The molecule has 0 aliphatic carbocycles. The van der Waals surface area contributed by atoms with E-state index in [1.807, 2.05) is 0 Å². The van der Waals surface area contributed by atoms with Crippen molar-refractivity contribution >= 4 is 11.6 Å². The van der Waals surface area contributed by atoms with Gasteiger partial charge in [-0.3, -0.25) is 4.98 Å². The van der Waals surface area contributed by atoms with Crippen molar-refractivity contribution in [3.05, 3.63) is 23.2 Å². The van der Waals surface area contributed by atoms with Gasteiger partial charge in [0.1, 0.15) is 5.15 Å². The number of halogens is 1. The topological polar surface area (TPSA) is 63.8 Å². The summed E-state index contributed by atoms with van der Waals surface area (Å²) in [6.07, 6.45) is 3.17. The third-order valence-corrected chi connectivity index (χ3v) is 1.50. The lowest BCUT2D eigenvalue weighted by atomic mass is 10.4. The molecule has 0 bridgehead atoms. The van der Waals surface area contributed by atoms with E-state index in [9.17, 15) is 0 Å². The highest BCUT2D eigenvalue weighted by Gasteiger charge is 1.93. The molecule has 1 aromatic heterocycles. The fourth-order valence-corrected chi connectivity index (χ4v) is 0.846. The van der Waals surface area contributed by atoms with Gasteiger partial charge in [0, 0.05) is 19.6 Å². The van der Waals surface area contributed by atoms with Gasteiger partial charge < -0.3 is 11.1 Å². The third-order valence-electron chi connectivity index (χ3n) is 1.30. The van der Waals surface area contributed by atoms with Gasteiger partial charge in [-0.1, -0.05) is 11.6 Å². The van der Waals surface area contributed by atoms with Crippen LogP contribution in [0.3, 0.4) is 0 Å². The molecule has 0 aliphatic rings. The molecule has 5 heteroatoms. The maximum Gasteiger partial charge on any atom is 0.147 e. The molecule has 1 heterocycles. The molecular weight excluding hydrogens is 176 g/mol. The molecule has 0 saturated carbocycles. The smallest absolute Gasteiger partial charge is 0.147 e. The van der Waals surface area contributed by atoms with Gasteiger partial charge in [-0.05, 0) is 0 Å². The normalized spacial score (nSPS) is 10.2. The summed E-state index contributed by atoms with van der Waals surface area (Å²) in [5.41, 5.74) is 6.17. The molecule has 1 rings (SSSR count). The average Bonchev–Trinajstić information content (AvgIpc) is 2.09. The second kappa shape index (κ2) is 5.03. The van der Waals surface area contributed by atoms with E-state index >= 15 is 0 Å². The van der Waals surface area contributed by atoms with E-state index < -0.39 is 0 Å². The highest BCUT2D eigenvalue weighted by Crippen LogP contribution is 2.00. The zero-order valence-electron chi connectivity index (χ0n) is 6.63. The van der Waals surface area contributed by atoms with E-state index in [0.717, 1.165) is 12.2 Å². The number of hydrogen-bond acceptors (Lipinski definition) is 4. The Hall–Kier alpha value is -0.710. The van der Waals surface area contributed by atoms with Gasteiger partial charge in [0.15, 0.2) is 0 Å². The molecule has 0 amide bonds. The number of nitrogens with zero attached hydrogens (tertiary/aromatic N) is 2. The van der Waals surface area contributed by atoms with Crippen LogP contribution in [-0.4, -0.2) is 23.1 Å². The van der Waals surface area contributed by atoms with Crippen LogP contribution in [0.15, 0.2) is 12.4 Å². The van der Waals surface area contributed by atoms with Crippen LogP contribution in [-0.2, 0) is 6.54 Å². The Kier molecular flexibility index (Phi) is 3.93. The molecular formula is C7H11ClN4. The van der Waals surface area contributed by atoms with Crippen molar-refractivity contribution in [3.8, 4) is 0 Å². The highest BCUT2D eigenvalue weighted by molar-refractivity contribution is 6.29. The summed E-state index contributed by atoms with van der Waals surface area (Å²) < 4.78 is 0. The van der Waals surface area contributed by atoms with Crippen molar-refractivity contribution < 1.29 is 0 Å². The molecule has 0 aliphatic heterocycles. The molecule has 3 N–H and O–H groups in total. The highest BCUT2D eigenvalue weighted by atomic mass is 35.5. The second-order valence-corrected chi connectivity index (χ2v) is 2.68. The zero-order valence-corrected chi connectivity index (χ0v) is 7.38. The third kappa shape index (κ3) is 3.13. The fraction of sp³-hybridized carbons (Fsp3) is 0.429. The summed E-state index contributed by atoms with van der Waals surface area (Å²) in [5, 5.41) is 3.51. The monoisotopic (exact) mass is 186 g/mol. The zero-order chi connectivity index (χ0) is 8.81. The maximum atomic E-state index is 5.56. The molecule has 12 heavy (non-hydrogen) atoms. The lowest BCUT2D eigenvalue weighted by molar-refractivity contribution is 0.679. The van der Waals surface area contributed by atoms with Crippen LogP contribution in [0, 0.1) is 0 Å². The van der Waals surface area contributed by atoms with E-state index in [2.05, 4.69) is 15.3 Å². The van der Waals surface area contributed by atoms with Crippen molar-refractivity contribution in [1.29, 1.82) is 0 Å². The lowest BCUT2D eigenvalue weighted by Crippen LogP contribution is -2.22. The SMILES string of the molecule is NCCNCc1cnc(Cl)cn1. The molecule has 0 saturated heterocycles. The quantitative estimate of drug-likeness (QED) is 0.659. The molecule has 0 radical (unpaired) electrons. The number of aromatic nitrogens is 2. The van der Waals surface area contributed by atoms with Crippen LogP contribution in [0.1, 0.15) is 5.69 Å². The minimum atomic E-state index is 0.414. The van der Waals surface area contributed by atoms with E-state index in [1.54, 1.807) is 6.20 Å². The van der Waals surface area contributed by atoms with E-state index in [0.29, 0.717) is 18.2 Å². The average molecular weight is 187 g/mol. The Morgan fingerprint density at radius 3 is 2.83 bits per heavy atom. The number of nitrogens with one attached hydrogen (secondary N) is 1. The summed E-state index contributed by atoms with van der Waals surface area (Å²) >= 11 is 5.56. The van der Waals surface area contributed by atoms with E-state index in [-0.39, 0.29) is 0 Å². The van der Waals surface area contributed by atoms with Gasteiger partial charge in [0.25, 0.3) is 0 Å². The molecule has 0 fully saturated rings. The first-order valence-electron chi connectivity index (χ1n) is 3.70.